The normalized spacial score (nSPS) is 12.4. The van der Waals surface area contributed by atoms with Crippen LogP contribution in [-0.4, -0.2) is 37.2 Å². The molecule has 0 amide bonds. The number of unbranched alkanes of at least 4 members (excludes halogenated alkanes) is 44. The lowest BCUT2D eigenvalue weighted by molar-refractivity contribution is -0.167. The zero-order chi connectivity index (χ0) is 57.8. The minimum atomic E-state index is -0.778. The average Bonchev–Trinajstić information content (AvgIpc) is 3.46. The van der Waals surface area contributed by atoms with Gasteiger partial charge in [0.15, 0.2) is 6.10 Å². The number of ether oxygens (including phenoxy) is 3. The highest BCUT2D eigenvalue weighted by molar-refractivity contribution is 5.71. The van der Waals surface area contributed by atoms with Crippen LogP contribution in [0.4, 0.5) is 0 Å². The van der Waals surface area contributed by atoms with Crippen molar-refractivity contribution in [2.24, 2.45) is 0 Å². The monoisotopic (exact) mass is 1120 g/mol. The SMILES string of the molecule is CCC/C=C\CCCCCCCC(=O)OCC(COC(=O)CCCCCCCCCCCCCC/C=C\C/C=C\C/C=C\CCCCCCC)OC(=O)CCCCCCCCCCCCCCC/C=C\CCCCCCCCCC. The molecule has 6 heteroatoms. The molecule has 0 spiro atoms. The first-order valence-corrected chi connectivity index (χ1v) is 35.3. The van der Waals surface area contributed by atoms with E-state index in [0.717, 1.165) is 83.5 Å². The molecule has 1 atom stereocenters. The number of allylic oxidation sites excluding steroid dienone is 10. The predicted molar refractivity (Wildman–Crippen MR) is 348 cm³/mol. The van der Waals surface area contributed by atoms with E-state index in [4.69, 9.17) is 14.2 Å². The van der Waals surface area contributed by atoms with E-state index in [1.165, 1.54) is 250 Å². The second kappa shape index (κ2) is 68.6. The van der Waals surface area contributed by atoms with Crippen molar-refractivity contribution < 1.29 is 28.6 Å². The second-order valence-corrected chi connectivity index (χ2v) is 23.8. The Morgan fingerprint density at radius 2 is 0.475 bits per heavy atom. The molecule has 6 nitrogen and oxygen atoms in total. The molecule has 80 heavy (non-hydrogen) atoms. The number of esters is 3. The lowest BCUT2D eigenvalue weighted by Crippen LogP contribution is -2.30. The van der Waals surface area contributed by atoms with Crippen molar-refractivity contribution in [3.63, 3.8) is 0 Å². The van der Waals surface area contributed by atoms with Crippen molar-refractivity contribution in [2.45, 2.75) is 380 Å². The van der Waals surface area contributed by atoms with Crippen LogP contribution in [-0.2, 0) is 28.6 Å². The molecule has 0 aliphatic rings. The molecule has 0 aromatic rings. The molecule has 1 unspecified atom stereocenters. The first kappa shape index (κ1) is 77.1. The van der Waals surface area contributed by atoms with Gasteiger partial charge in [-0.2, -0.15) is 0 Å². The van der Waals surface area contributed by atoms with Crippen LogP contribution < -0.4 is 0 Å². The molecule has 0 radical (unpaired) electrons. The lowest BCUT2D eigenvalue weighted by atomic mass is 10.0. The van der Waals surface area contributed by atoms with Gasteiger partial charge in [0.2, 0.25) is 0 Å². The molecular formula is C74H134O6. The molecule has 0 saturated heterocycles. The topological polar surface area (TPSA) is 78.9 Å². The lowest BCUT2D eigenvalue weighted by Gasteiger charge is -2.18. The molecule has 0 aromatic carbocycles. The van der Waals surface area contributed by atoms with Crippen LogP contribution in [0.5, 0.6) is 0 Å². The molecule has 0 heterocycles. The van der Waals surface area contributed by atoms with Gasteiger partial charge in [-0.1, -0.05) is 313 Å². The van der Waals surface area contributed by atoms with Crippen molar-refractivity contribution in [3.8, 4) is 0 Å². The maximum absolute atomic E-state index is 12.9. The highest BCUT2D eigenvalue weighted by Crippen LogP contribution is 2.18. The van der Waals surface area contributed by atoms with Crippen LogP contribution in [0.25, 0.3) is 0 Å². The van der Waals surface area contributed by atoms with Crippen LogP contribution in [0, 0.1) is 0 Å². The summed E-state index contributed by atoms with van der Waals surface area (Å²) in [5, 5.41) is 0. The minimum Gasteiger partial charge on any atom is -0.462 e. The number of hydrogen-bond acceptors (Lipinski definition) is 6. The smallest absolute Gasteiger partial charge is 0.306 e. The number of hydrogen-bond donors (Lipinski definition) is 0. The molecule has 0 aliphatic heterocycles. The first-order valence-electron chi connectivity index (χ1n) is 35.3. The van der Waals surface area contributed by atoms with Gasteiger partial charge in [-0.3, -0.25) is 14.4 Å². The molecule has 0 bridgehead atoms. The second-order valence-electron chi connectivity index (χ2n) is 23.8. The zero-order valence-corrected chi connectivity index (χ0v) is 53.6. The van der Waals surface area contributed by atoms with Crippen LogP contribution >= 0.6 is 0 Å². The summed E-state index contributed by atoms with van der Waals surface area (Å²) < 4.78 is 16.9. The summed E-state index contributed by atoms with van der Waals surface area (Å²) >= 11 is 0. The summed E-state index contributed by atoms with van der Waals surface area (Å²) in [7, 11) is 0. The molecule has 0 aromatic heterocycles. The minimum absolute atomic E-state index is 0.0751. The van der Waals surface area contributed by atoms with Crippen LogP contribution in [0.2, 0.25) is 0 Å². The number of carbonyl (C=O) groups excluding carboxylic acids is 3. The van der Waals surface area contributed by atoms with Crippen LogP contribution in [0.1, 0.15) is 374 Å². The van der Waals surface area contributed by atoms with E-state index < -0.39 is 6.10 Å². The van der Waals surface area contributed by atoms with E-state index in [9.17, 15) is 14.4 Å². The Labute approximate surface area is 498 Å². The molecule has 0 N–H and O–H groups in total. The maximum Gasteiger partial charge on any atom is 0.306 e. The highest BCUT2D eigenvalue weighted by Gasteiger charge is 2.19. The van der Waals surface area contributed by atoms with Gasteiger partial charge >= 0.3 is 17.9 Å². The van der Waals surface area contributed by atoms with Crippen molar-refractivity contribution in [1.29, 1.82) is 0 Å². The third-order valence-corrected chi connectivity index (χ3v) is 15.7. The van der Waals surface area contributed by atoms with Crippen molar-refractivity contribution >= 4 is 17.9 Å². The maximum atomic E-state index is 12.9. The summed E-state index contributed by atoms with van der Waals surface area (Å²) in [5.74, 6) is -0.868. The Hall–Kier alpha value is -2.89. The molecule has 0 aliphatic carbocycles. The van der Waals surface area contributed by atoms with Crippen LogP contribution in [0.3, 0.4) is 0 Å². The summed E-state index contributed by atoms with van der Waals surface area (Å²) in [5.41, 5.74) is 0. The van der Waals surface area contributed by atoms with E-state index in [2.05, 4.69) is 81.5 Å². The standard InChI is InChI=1S/C74H134O6/c1-4-7-10-13-16-19-22-24-26-28-30-32-34-36-37-39-40-42-44-46-48-50-52-55-58-61-64-67-73(76)79-70-71(69-78-72(75)66-63-60-57-54-21-18-15-12-9-6-3)80-74(77)68-65-62-59-56-53-51-49-47-45-43-41-38-35-33-31-29-27-25-23-20-17-14-11-8-5-2/h12,15,22,24,28-31,34,36,71H,4-11,13-14,16-21,23,25-27,32-33,35,37-70H2,1-3H3/b15-12-,24-22-,30-28-,31-29-,36-34-. The third kappa shape index (κ3) is 65.9. The average molecular weight is 1120 g/mol. The summed E-state index contributed by atoms with van der Waals surface area (Å²) in [6.07, 6.45) is 88.3. The predicted octanol–water partition coefficient (Wildman–Crippen LogP) is 24.3. The van der Waals surface area contributed by atoms with Gasteiger partial charge in [0, 0.05) is 19.3 Å². The van der Waals surface area contributed by atoms with Crippen LogP contribution in [0.15, 0.2) is 60.8 Å². The highest BCUT2D eigenvalue weighted by atomic mass is 16.6. The fourth-order valence-corrected chi connectivity index (χ4v) is 10.4. The summed E-state index contributed by atoms with van der Waals surface area (Å²) in [6.45, 7) is 6.61. The van der Waals surface area contributed by atoms with E-state index in [-0.39, 0.29) is 31.1 Å². The Morgan fingerprint density at radius 1 is 0.250 bits per heavy atom. The third-order valence-electron chi connectivity index (χ3n) is 15.7. The van der Waals surface area contributed by atoms with E-state index in [1.54, 1.807) is 0 Å². The Balaban J connectivity index is 4.17. The molecule has 0 fully saturated rings. The summed E-state index contributed by atoms with van der Waals surface area (Å²) in [4.78, 5) is 38.3. The van der Waals surface area contributed by atoms with Gasteiger partial charge in [0.05, 0.1) is 0 Å². The summed E-state index contributed by atoms with van der Waals surface area (Å²) in [6, 6.07) is 0. The molecule has 466 valence electrons. The van der Waals surface area contributed by atoms with Gasteiger partial charge in [-0.25, -0.2) is 0 Å². The molecule has 0 saturated carbocycles. The van der Waals surface area contributed by atoms with Gasteiger partial charge in [0.1, 0.15) is 13.2 Å². The van der Waals surface area contributed by atoms with Gasteiger partial charge in [0.25, 0.3) is 0 Å². The Kier molecular flexibility index (Phi) is 66.1. The largest absolute Gasteiger partial charge is 0.462 e. The van der Waals surface area contributed by atoms with Crippen molar-refractivity contribution in [3.05, 3.63) is 60.8 Å². The molecule has 0 rings (SSSR count). The van der Waals surface area contributed by atoms with E-state index in [1.807, 2.05) is 0 Å². The number of rotatable bonds is 65. The Morgan fingerprint density at radius 3 is 0.762 bits per heavy atom. The quantitative estimate of drug-likeness (QED) is 0.0261. The van der Waals surface area contributed by atoms with E-state index >= 15 is 0 Å². The fourth-order valence-electron chi connectivity index (χ4n) is 10.4. The van der Waals surface area contributed by atoms with Gasteiger partial charge < -0.3 is 14.2 Å². The van der Waals surface area contributed by atoms with E-state index in [0.29, 0.717) is 19.3 Å². The Bertz CT molecular complexity index is 1430. The first-order chi connectivity index (χ1) is 39.5. The van der Waals surface area contributed by atoms with Gasteiger partial charge in [-0.05, 0) is 103 Å². The number of carbonyl (C=O) groups is 3. The fraction of sp³-hybridized carbons (Fsp3) is 0.824. The van der Waals surface area contributed by atoms with Crippen molar-refractivity contribution in [1.82, 2.24) is 0 Å². The van der Waals surface area contributed by atoms with Gasteiger partial charge in [-0.15, -0.1) is 0 Å². The molecular weight excluding hydrogens is 985 g/mol. The zero-order valence-electron chi connectivity index (χ0n) is 53.6. The van der Waals surface area contributed by atoms with Crippen molar-refractivity contribution in [2.75, 3.05) is 13.2 Å².